The molecule has 1 aromatic carbocycles. The van der Waals surface area contributed by atoms with Crippen LogP contribution in [0.3, 0.4) is 0 Å². The topological polar surface area (TPSA) is 57.5 Å². The molecule has 1 fully saturated rings. The van der Waals surface area contributed by atoms with E-state index in [-0.39, 0.29) is 24.4 Å². The number of aliphatic hydroxyl groups excluding tert-OH is 1. The second kappa shape index (κ2) is 6.71. The zero-order valence-electron chi connectivity index (χ0n) is 11.2. The van der Waals surface area contributed by atoms with Gasteiger partial charge in [0.15, 0.2) is 0 Å². The van der Waals surface area contributed by atoms with Crippen molar-refractivity contribution in [2.75, 3.05) is 0 Å². The minimum absolute atomic E-state index is 0.156. The second-order valence-corrected chi connectivity index (χ2v) is 5.54. The number of aliphatic hydroxyl groups is 1. The summed E-state index contributed by atoms with van der Waals surface area (Å²) in [6.45, 7) is 0. The molecule has 2 N–H and O–H groups in total. The Hall–Kier alpha value is -1.35. The lowest BCUT2D eigenvalue weighted by Gasteiger charge is -2.20. The lowest BCUT2D eigenvalue weighted by molar-refractivity contribution is -0.138. The van der Waals surface area contributed by atoms with Gasteiger partial charge in [0.1, 0.15) is 0 Å². The number of hydrogen-bond acceptors (Lipinski definition) is 2. The van der Waals surface area contributed by atoms with Gasteiger partial charge in [-0.2, -0.15) is 0 Å². The Bertz CT molecular complexity index is 402. The van der Waals surface area contributed by atoms with E-state index < -0.39 is 5.97 Å². The van der Waals surface area contributed by atoms with Gasteiger partial charge in [-0.05, 0) is 49.5 Å². The second-order valence-electron chi connectivity index (χ2n) is 5.54. The average Bonchev–Trinajstić information content (AvgIpc) is 2.72. The van der Waals surface area contributed by atoms with Crippen LogP contribution < -0.4 is 0 Å². The Morgan fingerprint density at radius 2 is 1.95 bits per heavy atom. The maximum atomic E-state index is 10.8. The van der Waals surface area contributed by atoms with Gasteiger partial charge >= 0.3 is 5.97 Å². The highest BCUT2D eigenvalue weighted by Crippen LogP contribution is 2.37. The zero-order valence-corrected chi connectivity index (χ0v) is 11.2. The van der Waals surface area contributed by atoms with Crippen LogP contribution in [0.2, 0.25) is 0 Å². The molecule has 0 aliphatic heterocycles. The third-order valence-corrected chi connectivity index (χ3v) is 4.22. The molecule has 1 aromatic rings. The molecule has 3 unspecified atom stereocenters. The minimum atomic E-state index is -0.743. The third kappa shape index (κ3) is 4.06. The van der Waals surface area contributed by atoms with Crippen molar-refractivity contribution in [3.05, 3.63) is 35.9 Å². The molecule has 3 atom stereocenters. The number of rotatable bonds is 6. The molecular formula is C16H22O3. The minimum Gasteiger partial charge on any atom is -0.481 e. The van der Waals surface area contributed by atoms with Crippen LogP contribution >= 0.6 is 0 Å². The van der Waals surface area contributed by atoms with Crippen molar-refractivity contribution in [1.29, 1.82) is 0 Å². The molecule has 1 aliphatic carbocycles. The molecule has 0 bridgehead atoms. The van der Waals surface area contributed by atoms with Crippen molar-refractivity contribution in [2.24, 2.45) is 11.8 Å². The number of aliphatic carboxylic acids is 1. The van der Waals surface area contributed by atoms with Crippen molar-refractivity contribution in [3.8, 4) is 0 Å². The molecule has 1 saturated carbocycles. The Morgan fingerprint density at radius 1 is 1.21 bits per heavy atom. The summed E-state index contributed by atoms with van der Waals surface area (Å²) in [5.74, 6) is -0.421. The van der Waals surface area contributed by atoms with Crippen LogP contribution in [-0.2, 0) is 11.2 Å². The predicted molar refractivity (Wildman–Crippen MR) is 73.9 cm³/mol. The van der Waals surface area contributed by atoms with E-state index in [0.717, 1.165) is 32.1 Å². The van der Waals surface area contributed by atoms with E-state index in [1.54, 1.807) is 0 Å². The summed E-state index contributed by atoms with van der Waals surface area (Å²) < 4.78 is 0. The van der Waals surface area contributed by atoms with Gasteiger partial charge in [0.25, 0.3) is 0 Å². The van der Waals surface area contributed by atoms with E-state index in [0.29, 0.717) is 0 Å². The van der Waals surface area contributed by atoms with E-state index in [4.69, 9.17) is 5.11 Å². The monoisotopic (exact) mass is 262 g/mol. The number of aryl methyl sites for hydroxylation is 1. The molecule has 3 nitrogen and oxygen atoms in total. The van der Waals surface area contributed by atoms with E-state index in [1.807, 2.05) is 18.2 Å². The molecule has 0 heterocycles. The Balaban J connectivity index is 1.81. The standard InChI is InChI=1S/C16H22O3/c17-15-10-9-13(11-16(18)19)14(15)8-4-7-12-5-2-1-3-6-12/h1-3,5-6,13-15,17H,4,7-11H2,(H,18,19). The highest BCUT2D eigenvalue weighted by Gasteiger charge is 2.35. The summed E-state index contributed by atoms with van der Waals surface area (Å²) in [5, 5.41) is 18.9. The summed E-state index contributed by atoms with van der Waals surface area (Å²) in [6, 6.07) is 10.3. The highest BCUT2D eigenvalue weighted by atomic mass is 16.4. The normalized spacial score (nSPS) is 26.5. The molecule has 0 aromatic heterocycles. The van der Waals surface area contributed by atoms with Crippen LogP contribution in [0.4, 0.5) is 0 Å². The van der Waals surface area contributed by atoms with E-state index in [1.165, 1.54) is 5.56 Å². The van der Waals surface area contributed by atoms with Crippen molar-refractivity contribution >= 4 is 5.97 Å². The molecule has 3 heteroatoms. The molecule has 2 rings (SSSR count). The Kier molecular flexibility index (Phi) is 4.97. The smallest absolute Gasteiger partial charge is 0.303 e. The number of hydrogen-bond donors (Lipinski definition) is 2. The number of carboxylic acid groups (broad SMARTS) is 1. The molecule has 104 valence electrons. The predicted octanol–water partition coefficient (Wildman–Crippen LogP) is 2.87. The maximum Gasteiger partial charge on any atom is 0.303 e. The number of benzene rings is 1. The number of carbonyl (C=O) groups is 1. The van der Waals surface area contributed by atoms with Gasteiger partial charge in [-0.1, -0.05) is 30.3 Å². The summed E-state index contributed by atoms with van der Waals surface area (Å²) in [7, 11) is 0. The van der Waals surface area contributed by atoms with Crippen LogP contribution in [0.5, 0.6) is 0 Å². The molecule has 1 aliphatic rings. The molecule has 0 spiro atoms. The first kappa shape index (κ1) is 14.1. The molecule has 0 radical (unpaired) electrons. The van der Waals surface area contributed by atoms with Gasteiger partial charge in [-0.3, -0.25) is 4.79 Å². The fourth-order valence-corrected chi connectivity index (χ4v) is 3.22. The Labute approximate surface area is 114 Å². The molecule has 19 heavy (non-hydrogen) atoms. The SMILES string of the molecule is O=C(O)CC1CCC(O)C1CCCc1ccccc1. The fourth-order valence-electron chi connectivity index (χ4n) is 3.22. The van der Waals surface area contributed by atoms with Crippen molar-refractivity contribution < 1.29 is 15.0 Å². The fraction of sp³-hybridized carbons (Fsp3) is 0.562. The van der Waals surface area contributed by atoms with Crippen molar-refractivity contribution in [2.45, 2.75) is 44.6 Å². The highest BCUT2D eigenvalue weighted by molar-refractivity contribution is 5.67. The van der Waals surface area contributed by atoms with Gasteiger partial charge in [-0.15, -0.1) is 0 Å². The maximum absolute atomic E-state index is 10.8. The third-order valence-electron chi connectivity index (χ3n) is 4.22. The average molecular weight is 262 g/mol. The van der Waals surface area contributed by atoms with Crippen LogP contribution in [0.25, 0.3) is 0 Å². The zero-order chi connectivity index (χ0) is 13.7. The van der Waals surface area contributed by atoms with E-state index >= 15 is 0 Å². The van der Waals surface area contributed by atoms with Crippen molar-refractivity contribution in [3.63, 3.8) is 0 Å². The lowest BCUT2D eigenvalue weighted by Crippen LogP contribution is -2.21. The quantitative estimate of drug-likeness (QED) is 0.828. The summed E-state index contributed by atoms with van der Waals surface area (Å²) >= 11 is 0. The largest absolute Gasteiger partial charge is 0.481 e. The number of carboxylic acids is 1. The first-order valence-corrected chi connectivity index (χ1v) is 7.10. The Morgan fingerprint density at radius 3 is 2.63 bits per heavy atom. The summed E-state index contributed by atoms with van der Waals surface area (Å²) in [6.07, 6.45) is 4.45. The van der Waals surface area contributed by atoms with Gasteiger partial charge in [0.2, 0.25) is 0 Å². The van der Waals surface area contributed by atoms with Crippen LogP contribution in [0, 0.1) is 11.8 Å². The first-order valence-electron chi connectivity index (χ1n) is 7.10. The summed E-state index contributed by atoms with van der Waals surface area (Å²) in [4.78, 5) is 10.8. The van der Waals surface area contributed by atoms with Gasteiger partial charge in [-0.25, -0.2) is 0 Å². The molecule has 0 amide bonds. The van der Waals surface area contributed by atoms with E-state index in [9.17, 15) is 9.90 Å². The van der Waals surface area contributed by atoms with Crippen molar-refractivity contribution in [1.82, 2.24) is 0 Å². The summed E-state index contributed by atoms with van der Waals surface area (Å²) in [5.41, 5.74) is 1.31. The van der Waals surface area contributed by atoms with Crippen LogP contribution in [-0.4, -0.2) is 22.3 Å². The van der Waals surface area contributed by atoms with E-state index in [2.05, 4.69) is 12.1 Å². The molecule has 0 saturated heterocycles. The van der Waals surface area contributed by atoms with Crippen LogP contribution in [0.1, 0.15) is 37.7 Å². The molecular weight excluding hydrogens is 240 g/mol. The lowest BCUT2D eigenvalue weighted by atomic mass is 9.87. The van der Waals surface area contributed by atoms with Crippen LogP contribution in [0.15, 0.2) is 30.3 Å². The van der Waals surface area contributed by atoms with Gasteiger partial charge in [0.05, 0.1) is 6.10 Å². The first-order chi connectivity index (χ1) is 9.16. The van der Waals surface area contributed by atoms with Gasteiger partial charge < -0.3 is 10.2 Å². The van der Waals surface area contributed by atoms with Gasteiger partial charge in [0, 0.05) is 6.42 Å².